The smallest absolute Gasteiger partial charge is 0.287 e. The number of nitrogens with zero attached hydrogens (tertiary/aromatic N) is 1. The molecule has 0 atom stereocenters. The number of nitrogens with one attached hydrogen (secondary N) is 1. The second kappa shape index (κ2) is 5.75. The molecule has 26 heavy (non-hydrogen) atoms. The maximum Gasteiger partial charge on any atom is 0.287 e. The van der Waals surface area contributed by atoms with E-state index in [2.05, 4.69) is 5.32 Å². The Kier molecular flexibility index (Phi) is 3.68. The van der Waals surface area contributed by atoms with Gasteiger partial charge in [0, 0.05) is 16.0 Å². The molecule has 0 saturated heterocycles. The zero-order valence-corrected chi connectivity index (χ0v) is 16.6. The summed E-state index contributed by atoms with van der Waals surface area (Å²) in [5.41, 5.74) is 1.02. The third kappa shape index (κ3) is 2.50. The van der Waals surface area contributed by atoms with Gasteiger partial charge >= 0.3 is 0 Å². The molecule has 1 N–H and O–H groups in total. The van der Waals surface area contributed by atoms with Crippen molar-refractivity contribution in [3.8, 4) is 0 Å². The number of rotatable bonds is 5. The lowest BCUT2D eigenvalue weighted by atomic mass is 9.39. The van der Waals surface area contributed by atoms with Crippen molar-refractivity contribution in [1.29, 1.82) is 0 Å². The number of fused-ring (bicyclic) bond motifs is 1. The Morgan fingerprint density at radius 2 is 2.15 bits per heavy atom. The summed E-state index contributed by atoms with van der Waals surface area (Å²) in [6.45, 7) is 0. The summed E-state index contributed by atoms with van der Waals surface area (Å²) in [7, 11) is 0. The Bertz CT molecular complexity index is 1010. The monoisotopic (exact) mass is 404 g/mol. The fourth-order valence-electron chi connectivity index (χ4n) is 4.30. The zero-order chi connectivity index (χ0) is 17.9. The van der Waals surface area contributed by atoms with E-state index in [0.717, 1.165) is 41.3 Å². The Hall–Kier alpha value is -1.50. The molecule has 2 heterocycles. The first-order valence-corrected chi connectivity index (χ1v) is 11.1. The molecule has 0 unspecified atom stereocenters. The lowest BCUT2D eigenvalue weighted by molar-refractivity contribution is -0.0811. The van der Waals surface area contributed by atoms with Crippen LogP contribution in [-0.2, 0) is 11.2 Å². The number of benzene rings is 1. The van der Waals surface area contributed by atoms with Crippen molar-refractivity contribution in [3.63, 3.8) is 0 Å². The minimum Gasteiger partial charge on any atom is -0.455 e. The van der Waals surface area contributed by atoms with E-state index in [0.29, 0.717) is 5.76 Å². The van der Waals surface area contributed by atoms with E-state index in [-0.39, 0.29) is 16.9 Å². The van der Waals surface area contributed by atoms with Gasteiger partial charge < -0.3 is 9.73 Å². The highest BCUT2D eigenvalue weighted by Gasteiger charge is 2.70. The van der Waals surface area contributed by atoms with Crippen LogP contribution in [-0.4, -0.2) is 22.7 Å². The molecule has 6 rings (SSSR count). The molecule has 3 aromatic rings. The molecule has 2 bridgehead atoms. The molecule has 7 heteroatoms. The van der Waals surface area contributed by atoms with Crippen LogP contribution in [0.25, 0.3) is 10.2 Å². The molecule has 2 aromatic heterocycles. The number of hydrogen-bond acceptors (Lipinski definition) is 5. The maximum atomic E-state index is 12.5. The van der Waals surface area contributed by atoms with Gasteiger partial charge in [0.15, 0.2) is 5.76 Å². The molecule has 3 saturated carbocycles. The molecule has 134 valence electrons. The number of aromatic nitrogens is 1. The van der Waals surface area contributed by atoms with Gasteiger partial charge in [-0.1, -0.05) is 11.6 Å². The van der Waals surface area contributed by atoms with Gasteiger partial charge in [0.25, 0.3) is 5.91 Å². The van der Waals surface area contributed by atoms with Gasteiger partial charge in [-0.25, -0.2) is 4.98 Å². The van der Waals surface area contributed by atoms with E-state index in [9.17, 15) is 4.79 Å². The van der Waals surface area contributed by atoms with Crippen LogP contribution < -0.4 is 5.32 Å². The summed E-state index contributed by atoms with van der Waals surface area (Å²) >= 11 is 9.49. The second-order valence-electron chi connectivity index (χ2n) is 7.38. The van der Waals surface area contributed by atoms with Crippen LogP contribution in [0.2, 0.25) is 5.02 Å². The first kappa shape index (κ1) is 16.7. The number of furan rings is 1. The molecule has 4 nitrogen and oxygen atoms in total. The molecular weight excluding hydrogens is 388 g/mol. The highest BCUT2D eigenvalue weighted by atomic mass is 35.5. The Morgan fingerprint density at radius 1 is 1.35 bits per heavy atom. The van der Waals surface area contributed by atoms with Crippen molar-refractivity contribution >= 4 is 50.8 Å². The topological polar surface area (TPSA) is 55.1 Å². The van der Waals surface area contributed by atoms with Crippen molar-refractivity contribution in [2.24, 2.45) is 0 Å². The first-order chi connectivity index (χ1) is 12.5. The number of hydrogen-bond donors (Lipinski definition) is 1. The Morgan fingerprint density at radius 3 is 2.92 bits per heavy atom. The number of amides is 1. The SMILES string of the molecule is CSCc1ccc(C(=O)NC23CC(c4nc5cc(Cl)ccc5s4)(C2)C3)o1. The minimum atomic E-state index is -0.110. The number of halogens is 1. The third-order valence-corrected chi connectivity index (χ3v) is 7.48. The van der Waals surface area contributed by atoms with Gasteiger partial charge in [0.2, 0.25) is 0 Å². The predicted octanol–water partition coefficient (Wildman–Crippen LogP) is 5.01. The molecule has 3 aliphatic rings. The van der Waals surface area contributed by atoms with Gasteiger partial charge in [-0.2, -0.15) is 11.8 Å². The van der Waals surface area contributed by atoms with Crippen LogP contribution in [0.5, 0.6) is 0 Å². The van der Waals surface area contributed by atoms with Crippen molar-refractivity contribution in [1.82, 2.24) is 10.3 Å². The quantitative estimate of drug-likeness (QED) is 0.649. The Labute approximate surface area is 164 Å². The van der Waals surface area contributed by atoms with Crippen molar-refractivity contribution in [3.05, 3.63) is 51.9 Å². The maximum absolute atomic E-state index is 12.5. The molecule has 1 aromatic carbocycles. The predicted molar refractivity (Wildman–Crippen MR) is 106 cm³/mol. The van der Waals surface area contributed by atoms with Crippen LogP contribution >= 0.6 is 34.7 Å². The lowest BCUT2D eigenvalue weighted by Gasteiger charge is -2.69. The molecule has 3 aliphatic carbocycles. The van der Waals surface area contributed by atoms with Crippen LogP contribution in [0.3, 0.4) is 0 Å². The highest BCUT2D eigenvalue weighted by molar-refractivity contribution is 7.97. The van der Waals surface area contributed by atoms with Crippen LogP contribution in [0.1, 0.15) is 40.6 Å². The summed E-state index contributed by atoms with van der Waals surface area (Å²) in [6.07, 6.45) is 4.88. The van der Waals surface area contributed by atoms with Crippen LogP contribution in [0, 0.1) is 0 Å². The summed E-state index contributed by atoms with van der Waals surface area (Å²) < 4.78 is 6.79. The molecule has 3 fully saturated rings. The first-order valence-electron chi connectivity index (χ1n) is 8.48. The summed E-state index contributed by atoms with van der Waals surface area (Å²) in [5.74, 6) is 1.91. The largest absolute Gasteiger partial charge is 0.455 e. The van der Waals surface area contributed by atoms with Gasteiger partial charge in [-0.15, -0.1) is 11.3 Å². The van der Waals surface area contributed by atoms with Gasteiger partial charge in [0.1, 0.15) is 10.8 Å². The fraction of sp³-hybridized carbons (Fsp3) is 0.368. The van der Waals surface area contributed by atoms with E-state index in [1.54, 1.807) is 29.2 Å². The second-order valence-corrected chi connectivity index (χ2v) is 9.71. The summed E-state index contributed by atoms with van der Waals surface area (Å²) in [6, 6.07) is 9.50. The number of carbonyl (C=O) groups is 1. The van der Waals surface area contributed by atoms with E-state index in [1.807, 2.05) is 30.5 Å². The van der Waals surface area contributed by atoms with Crippen LogP contribution in [0.15, 0.2) is 34.7 Å². The van der Waals surface area contributed by atoms with Gasteiger partial charge in [0.05, 0.1) is 16.0 Å². The standard InChI is InChI=1S/C19H17ClN2O2S2/c1-25-7-12-3-4-14(24-12)16(23)22-19-8-18(9-19,10-19)17-21-13-6-11(20)2-5-15(13)26-17/h2-6H,7-10H2,1H3,(H,22,23). The fourth-order valence-corrected chi connectivity index (χ4v) is 6.03. The number of thiazole rings is 1. The lowest BCUT2D eigenvalue weighted by Crippen LogP contribution is -2.76. The van der Waals surface area contributed by atoms with E-state index in [1.165, 1.54) is 9.71 Å². The molecule has 0 spiro atoms. The van der Waals surface area contributed by atoms with Crippen molar-refractivity contribution < 1.29 is 9.21 Å². The van der Waals surface area contributed by atoms with E-state index < -0.39 is 0 Å². The molecule has 0 radical (unpaired) electrons. The van der Waals surface area contributed by atoms with Gasteiger partial charge in [-0.05, 0) is 55.9 Å². The summed E-state index contributed by atoms with van der Waals surface area (Å²) in [4.78, 5) is 17.3. The normalized spacial score (nSPS) is 26.4. The average Bonchev–Trinajstić information content (AvgIpc) is 3.16. The van der Waals surface area contributed by atoms with E-state index >= 15 is 0 Å². The number of thioether (sulfide) groups is 1. The molecule has 1 amide bonds. The molecular formula is C19H17ClN2O2S2. The Balaban J connectivity index is 1.28. The average molecular weight is 405 g/mol. The van der Waals surface area contributed by atoms with Crippen molar-refractivity contribution in [2.75, 3.05) is 6.26 Å². The van der Waals surface area contributed by atoms with Gasteiger partial charge in [-0.3, -0.25) is 4.79 Å². The molecule has 0 aliphatic heterocycles. The summed E-state index contributed by atoms with van der Waals surface area (Å²) in [5, 5.41) is 5.07. The zero-order valence-electron chi connectivity index (χ0n) is 14.2. The minimum absolute atomic E-state index is 0.0843. The third-order valence-electron chi connectivity index (χ3n) is 5.38. The highest BCUT2D eigenvalue weighted by Crippen LogP contribution is 2.68. The van der Waals surface area contributed by atoms with Crippen LogP contribution in [0.4, 0.5) is 0 Å². The van der Waals surface area contributed by atoms with Crippen molar-refractivity contribution in [2.45, 2.75) is 36.0 Å². The van der Waals surface area contributed by atoms with E-state index in [4.69, 9.17) is 21.0 Å². The number of carbonyl (C=O) groups excluding carboxylic acids is 1.